The van der Waals surface area contributed by atoms with E-state index in [1.165, 1.54) is 15.4 Å². The number of likely N-dealkylation sites (tertiary alicyclic amines) is 1. The van der Waals surface area contributed by atoms with Crippen LogP contribution < -0.4 is 10.2 Å². The van der Waals surface area contributed by atoms with Gasteiger partial charge in [0, 0.05) is 51.4 Å². The maximum atomic E-state index is 13.4. The molecule has 0 aliphatic carbocycles. The molecule has 0 bridgehead atoms. The number of likely N-dealkylation sites (N-methyl/N-ethyl adjacent to an activating group) is 1. The summed E-state index contributed by atoms with van der Waals surface area (Å²) >= 11 is 0. The number of amides is 4. The third-order valence-electron chi connectivity index (χ3n) is 6.89. The molecule has 0 unspecified atom stereocenters. The molecule has 2 heterocycles. The number of fused-ring (bicyclic) bond motifs is 1. The number of aliphatic hydroxyl groups is 1. The monoisotopic (exact) mass is 478 g/mol. The van der Waals surface area contributed by atoms with Crippen molar-refractivity contribution in [1.29, 1.82) is 0 Å². The van der Waals surface area contributed by atoms with Crippen LogP contribution in [0.15, 0.2) is 42.5 Å². The third kappa shape index (κ3) is 5.32. The van der Waals surface area contributed by atoms with Crippen molar-refractivity contribution in [3.8, 4) is 0 Å². The molecule has 4 amide bonds. The Balaban J connectivity index is 1.44. The van der Waals surface area contributed by atoms with Crippen LogP contribution in [-0.4, -0.2) is 72.1 Å². The van der Waals surface area contributed by atoms with E-state index in [0.717, 1.165) is 36.1 Å². The van der Waals surface area contributed by atoms with Crippen molar-refractivity contribution >= 4 is 23.5 Å². The molecule has 0 aromatic heterocycles. The molecule has 2 aromatic rings. The highest BCUT2D eigenvalue weighted by atomic mass is 16.3. The van der Waals surface area contributed by atoms with Crippen molar-refractivity contribution in [3.63, 3.8) is 0 Å². The fourth-order valence-corrected chi connectivity index (χ4v) is 4.93. The Bertz CT molecular complexity index is 1120. The maximum Gasteiger partial charge on any atom is 0.318 e. The molecule has 4 rings (SSSR count). The molecule has 186 valence electrons. The third-order valence-corrected chi connectivity index (χ3v) is 6.89. The number of benzene rings is 2. The second-order valence-corrected chi connectivity index (χ2v) is 9.63. The van der Waals surface area contributed by atoms with Crippen LogP contribution in [0.2, 0.25) is 0 Å². The van der Waals surface area contributed by atoms with Gasteiger partial charge in [0.2, 0.25) is 5.91 Å². The highest BCUT2D eigenvalue weighted by Crippen LogP contribution is 2.28. The summed E-state index contributed by atoms with van der Waals surface area (Å²) in [5.41, 5.74) is 4.60. The molecule has 35 heavy (non-hydrogen) atoms. The van der Waals surface area contributed by atoms with E-state index < -0.39 is 12.1 Å². The summed E-state index contributed by atoms with van der Waals surface area (Å²) in [5.74, 6) is -0.222. The van der Waals surface area contributed by atoms with Crippen LogP contribution in [0.5, 0.6) is 0 Å². The number of urea groups is 1. The van der Waals surface area contributed by atoms with E-state index in [1.807, 2.05) is 48.2 Å². The van der Waals surface area contributed by atoms with E-state index in [1.54, 1.807) is 14.1 Å². The number of rotatable bonds is 4. The highest BCUT2D eigenvalue weighted by molar-refractivity contribution is 6.06. The molecule has 0 radical (unpaired) electrons. The molecule has 2 aliphatic rings. The Kier molecular flexibility index (Phi) is 7.40. The predicted molar refractivity (Wildman–Crippen MR) is 134 cm³/mol. The van der Waals surface area contributed by atoms with Crippen LogP contribution in [0.4, 0.5) is 10.5 Å². The summed E-state index contributed by atoms with van der Waals surface area (Å²) < 4.78 is 0. The lowest BCUT2D eigenvalue weighted by Gasteiger charge is -2.26. The van der Waals surface area contributed by atoms with Gasteiger partial charge in [-0.1, -0.05) is 24.3 Å². The van der Waals surface area contributed by atoms with E-state index in [9.17, 15) is 19.5 Å². The lowest BCUT2D eigenvalue weighted by Crippen LogP contribution is -2.49. The molecular formula is C27H34N4O4. The minimum atomic E-state index is -0.717. The quantitative estimate of drug-likeness (QED) is 0.707. The van der Waals surface area contributed by atoms with Crippen molar-refractivity contribution in [2.45, 2.75) is 51.3 Å². The minimum absolute atomic E-state index is 0.0193. The number of carbonyl (C=O) groups excluding carboxylic acids is 3. The van der Waals surface area contributed by atoms with Gasteiger partial charge in [0.15, 0.2) is 0 Å². The van der Waals surface area contributed by atoms with Crippen LogP contribution in [0.25, 0.3) is 0 Å². The van der Waals surface area contributed by atoms with Gasteiger partial charge in [0.25, 0.3) is 5.91 Å². The number of aliphatic hydroxyl groups excluding tert-OH is 1. The number of carbonyl (C=O) groups is 3. The second-order valence-electron chi connectivity index (χ2n) is 9.63. The van der Waals surface area contributed by atoms with E-state index in [4.69, 9.17) is 0 Å². The molecule has 2 aliphatic heterocycles. The van der Waals surface area contributed by atoms with Gasteiger partial charge < -0.3 is 25.1 Å². The lowest BCUT2D eigenvalue weighted by molar-refractivity contribution is -0.132. The Labute approximate surface area is 206 Å². The van der Waals surface area contributed by atoms with Crippen molar-refractivity contribution < 1.29 is 19.5 Å². The average Bonchev–Trinajstić information content (AvgIpc) is 3.10. The second kappa shape index (κ2) is 10.5. The summed E-state index contributed by atoms with van der Waals surface area (Å²) in [6.07, 6.45) is 2.53. The number of nitrogens with zero attached hydrogens (tertiary/aromatic N) is 3. The zero-order valence-corrected chi connectivity index (χ0v) is 20.7. The van der Waals surface area contributed by atoms with Gasteiger partial charge in [0.05, 0.1) is 6.10 Å². The Morgan fingerprint density at radius 2 is 1.89 bits per heavy atom. The smallest absolute Gasteiger partial charge is 0.318 e. The Hall–Kier alpha value is -3.39. The predicted octanol–water partition coefficient (Wildman–Crippen LogP) is 2.71. The molecule has 0 spiro atoms. The fourth-order valence-electron chi connectivity index (χ4n) is 4.93. The summed E-state index contributed by atoms with van der Waals surface area (Å²) in [6, 6.07) is 12.6. The number of β-amino-alcohol motifs (C(OH)–C–C–N with tert-alkyl or cyclic N) is 1. The van der Waals surface area contributed by atoms with E-state index in [-0.39, 0.29) is 37.4 Å². The first-order valence-electron chi connectivity index (χ1n) is 12.2. The zero-order valence-electron chi connectivity index (χ0n) is 20.7. The van der Waals surface area contributed by atoms with E-state index >= 15 is 0 Å². The number of hydrogen-bond acceptors (Lipinski definition) is 4. The topological polar surface area (TPSA) is 93.2 Å². The first-order chi connectivity index (χ1) is 16.8. The van der Waals surface area contributed by atoms with Crippen LogP contribution >= 0.6 is 0 Å². The standard InChI is InChI=1S/C27H34N4O4/c1-18-14-20(25(33)30-13-7-6-9-19-8-4-5-10-23(19)30)11-12-21(18)16-28-27(35)31-17-22(32)15-24(31)26(34)29(2)3/h4-5,8,10-12,14,22,24,32H,6-7,9,13,15-17H2,1-3H3,(H,28,35)/t22-,24+/m1/s1. The zero-order chi connectivity index (χ0) is 25.1. The average molecular weight is 479 g/mol. The van der Waals surface area contributed by atoms with Crippen molar-refractivity contribution in [1.82, 2.24) is 15.1 Å². The maximum absolute atomic E-state index is 13.4. The minimum Gasteiger partial charge on any atom is -0.391 e. The number of anilines is 1. The van der Waals surface area contributed by atoms with Gasteiger partial charge in [-0.25, -0.2) is 4.79 Å². The van der Waals surface area contributed by atoms with Crippen LogP contribution in [0.1, 0.15) is 46.3 Å². The molecule has 8 nitrogen and oxygen atoms in total. The van der Waals surface area contributed by atoms with Gasteiger partial charge in [0.1, 0.15) is 6.04 Å². The number of aryl methyl sites for hydroxylation is 2. The number of nitrogens with one attached hydrogen (secondary N) is 1. The van der Waals surface area contributed by atoms with Gasteiger partial charge >= 0.3 is 6.03 Å². The Morgan fingerprint density at radius 1 is 1.11 bits per heavy atom. The van der Waals surface area contributed by atoms with Crippen molar-refractivity contribution in [2.24, 2.45) is 0 Å². The summed E-state index contributed by atoms with van der Waals surface area (Å²) in [5, 5.41) is 12.9. The van der Waals surface area contributed by atoms with Gasteiger partial charge in [-0.3, -0.25) is 9.59 Å². The molecule has 2 N–H and O–H groups in total. The molecule has 2 atom stereocenters. The Morgan fingerprint density at radius 3 is 2.63 bits per heavy atom. The van der Waals surface area contributed by atoms with Gasteiger partial charge in [-0.15, -0.1) is 0 Å². The molecule has 1 saturated heterocycles. The summed E-state index contributed by atoms with van der Waals surface area (Å²) in [7, 11) is 3.28. The number of hydrogen-bond donors (Lipinski definition) is 2. The first kappa shape index (κ1) is 24.7. The molecule has 0 saturated carbocycles. The molecule has 1 fully saturated rings. The largest absolute Gasteiger partial charge is 0.391 e. The van der Waals surface area contributed by atoms with Crippen LogP contribution in [0.3, 0.4) is 0 Å². The van der Waals surface area contributed by atoms with Gasteiger partial charge in [-0.2, -0.15) is 0 Å². The normalized spacial score (nSPS) is 19.7. The van der Waals surface area contributed by atoms with Crippen molar-refractivity contribution in [3.05, 3.63) is 64.7 Å². The summed E-state index contributed by atoms with van der Waals surface area (Å²) in [4.78, 5) is 43.3. The fraction of sp³-hybridized carbons (Fsp3) is 0.444. The number of para-hydroxylation sites is 1. The van der Waals surface area contributed by atoms with E-state index in [0.29, 0.717) is 12.1 Å². The molecule has 8 heteroatoms. The first-order valence-corrected chi connectivity index (χ1v) is 12.2. The highest BCUT2D eigenvalue weighted by Gasteiger charge is 2.39. The molecule has 2 aromatic carbocycles. The van der Waals surface area contributed by atoms with E-state index in [2.05, 4.69) is 11.4 Å². The lowest BCUT2D eigenvalue weighted by atomic mass is 10.0. The van der Waals surface area contributed by atoms with Crippen LogP contribution in [0, 0.1) is 6.92 Å². The SMILES string of the molecule is Cc1cc(C(=O)N2CCCCc3ccccc32)ccc1CNC(=O)N1C[C@H](O)C[C@H]1C(=O)N(C)C. The van der Waals surface area contributed by atoms with Crippen molar-refractivity contribution in [2.75, 3.05) is 32.1 Å². The van der Waals surface area contributed by atoms with Crippen LogP contribution in [-0.2, 0) is 17.8 Å². The van der Waals surface area contributed by atoms with Gasteiger partial charge in [-0.05, 0) is 61.1 Å². The molecular weight excluding hydrogens is 444 g/mol. The summed E-state index contributed by atoms with van der Waals surface area (Å²) in [6.45, 7) is 3.01.